The van der Waals surface area contributed by atoms with Crippen molar-refractivity contribution in [2.24, 2.45) is 0 Å². The first kappa shape index (κ1) is 5.03. The second-order valence-corrected chi connectivity index (χ2v) is 1.49. The van der Waals surface area contributed by atoms with Crippen LogP contribution in [0.5, 0.6) is 0 Å². The van der Waals surface area contributed by atoms with Crippen molar-refractivity contribution in [2.45, 2.75) is 6.92 Å². The number of hydrogen-bond acceptors (Lipinski definition) is 3. The van der Waals surface area contributed by atoms with Gasteiger partial charge in [0.2, 0.25) is 5.76 Å². The molecule has 0 spiro atoms. The Morgan fingerprint density at radius 2 is 2.62 bits per heavy atom. The number of aromatic nitrogens is 1. The molecule has 3 heteroatoms. The summed E-state index contributed by atoms with van der Waals surface area (Å²) in [4.78, 5) is 9.95. The summed E-state index contributed by atoms with van der Waals surface area (Å²) in [5.41, 5.74) is 0.778. The van der Waals surface area contributed by atoms with E-state index in [2.05, 4.69) is 9.68 Å². The van der Waals surface area contributed by atoms with E-state index in [1.54, 1.807) is 6.92 Å². The molecular formula is C5H5NO2. The standard InChI is InChI=1S/C5H5NO2/c1-4-2-6-8-5(4)3-7/h2-3H,1H3. The Labute approximate surface area is 46.3 Å². The van der Waals surface area contributed by atoms with Crippen LogP contribution >= 0.6 is 0 Å². The summed E-state index contributed by atoms with van der Waals surface area (Å²) in [6, 6.07) is 0. The lowest BCUT2D eigenvalue weighted by molar-refractivity contribution is 0.109. The molecule has 0 amide bonds. The highest BCUT2D eigenvalue weighted by Gasteiger charge is 1.97. The van der Waals surface area contributed by atoms with Gasteiger partial charge in [0.15, 0.2) is 6.29 Å². The van der Waals surface area contributed by atoms with Gasteiger partial charge in [-0.05, 0) is 6.92 Å². The summed E-state index contributed by atoms with van der Waals surface area (Å²) in [5.74, 6) is 0.310. The Morgan fingerprint density at radius 3 is 2.88 bits per heavy atom. The fourth-order valence-corrected chi connectivity index (χ4v) is 0.412. The largest absolute Gasteiger partial charge is 0.353 e. The molecule has 0 radical (unpaired) electrons. The van der Waals surface area contributed by atoms with E-state index in [0.29, 0.717) is 12.0 Å². The monoisotopic (exact) mass is 111 g/mol. The average Bonchev–Trinajstić information content (AvgIpc) is 2.14. The van der Waals surface area contributed by atoms with E-state index in [-0.39, 0.29) is 0 Å². The zero-order valence-corrected chi connectivity index (χ0v) is 4.42. The number of aldehydes is 1. The minimum absolute atomic E-state index is 0.310. The van der Waals surface area contributed by atoms with Gasteiger partial charge < -0.3 is 4.52 Å². The first-order valence-electron chi connectivity index (χ1n) is 2.21. The number of carbonyl (C=O) groups excluding carboxylic acids is 1. The van der Waals surface area contributed by atoms with Crippen LogP contribution in [-0.4, -0.2) is 11.4 Å². The van der Waals surface area contributed by atoms with Gasteiger partial charge in [-0.15, -0.1) is 0 Å². The molecule has 0 bridgehead atoms. The molecule has 1 aromatic heterocycles. The normalized spacial score (nSPS) is 9.12. The van der Waals surface area contributed by atoms with Gasteiger partial charge in [-0.3, -0.25) is 4.79 Å². The zero-order chi connectivity index (χ0) is 5.98. The summed E-state index contributed by atoms with van der Waals surface area (Å²) in [6.07, 6.45) is 2.14. The Kier molecular flexibility index (Phi) is 1.12. The Morgan fingerprint density at radius 1 is 1.88 bits per heavy atom. The topological polar surface area (TPSA) is 43.1 Å². The van der Waals surface area contributed by atoms with Gasteiger partial charge in [0, 0.05) is 5.56 Å². The molecule has 1 rings (SSSR count). The van der Waals surface area contributed by atoms with Crippen LogP contribution in [0.4, 0.5) is 0 Å². The van der Waals surface area contributed by atoms with Crippen molar-refractivity contribution in [3.63, 3.8) is 0 Å². The fourth-order valence-electron chi connectivity index (χ4n) is 0.412. The fraction of sp³-hybridized carbons (Fsp3) is 0.200. The highest BCUT2D eigenvalue weighted by atomic mass is 16.5. The molecule has 0 saturated heterocycles. The van der Waals surface area contributed by atoms with Crippen LogP contribution in [-0.2, 0) is 0 Å². The molecule has 1 heterocycles. The van der Waals surface area contributed by atoms with Crippen LogP contribution in [0.2, 0.25) is 0 Å². The van der Waals surface area contributed by atoms with E-state index in [0.717, 1.165) is 5.56 Å². The SMILES string of the molecule is Cc1cnoc1C=O. The number of rotatable bonds is 1. The number of hydrogen-bond donors (Lipinski definition) is 0. The molecule has 0 fully saturated rings. The van der Waals surface area contributed by atoms with Crippen molar-refractivity contribution in [1.82, 2.24) is 5.16 Å². The molecule has 1 aromatic rings. The predicted molar refractivity (Wildman–Crippen MR) is 26.6 cm³/mol. The minimum Gasteiger partial charge on any atom is -0.353 e. The van der Waals surface area contributed by atoms with Gasteiger partial charge in [-0.1, -0.05) is 5.16 Å². The zero-order valence-electron chi connectivity index (χ0n) is 4.42. The molecule has 8 heavy (non-hydrogen) atoms. The van der Waals surface area contributed by atoms with E-state index in [1.165, 1.54) is 6.20 Å². The first-order chi connectivity index (χ1) is 3.84. The van der Waals surface area contributed by atoms with Crippen LogP contribution in [0.3, 0.4) is 0 Å². The van der Waals surface area contributed by atoms with E-state index in [4.69, 9.17) is 0 Å². The molecule has 0 atom stereocenters. The quantitative estimate of drug-likeness (QED) is 0.503. The van der Waals surface area contributed by atoms with Crippen molar-refractivity contribution >= 4 is 6.29 Å². The molecule has 0 saturated carbocycles. The molecule has 3 nitrogen and oxygen atoms in total. The lowest BCUT2D eigenvalue weighted by Crippen LogP contribution is -1.74. The van der Waals surface area contributed by atoms with E-state index >= 15 is 0 Å². The van der Waals surface area contributed by atoms with Gasteiger partial charge >= 0.3 is 0 Å². The summed E-state index contributed by atoms with van der Waals surface area (Å²) in [7, 11) is 0. The smallest absolute Gasteiger partial charge is 0.202 e. The summed E-state index contributed by atoms with van der Waals surface area (Å²) in [5, 5.41) is 3.39. The van der Waals surface area contributed by atoms with Crippen LogP contribution in [0.15, 0.2) is 10.7 Å². The second kappa shape index (κ2) is 1.78. The number of aryl methyl sites for hydroxylation is 1. The molecule has 42 valence electrons. The second-order valence-electron chi connectivity index (χ2n) is 1.49. The van der Waals surface area contributed by atoms with Crippen molar-refractivity contribution in [3.8, 4) is 0 Å². The molecule has 0 N–H and O–H groups in total. The maximum atomic E-state index is 9.95. The van der Waals surface area contributed by atoms with Gasteiger partial charge in [-0.2, -0.15) is 0 Å². The maximum Gasteiger partial charge on any atom is 0.202 e. The predicted octanol–water partition coefficient (Wildman–Crippen LogP) is 0.796. The van der Waals surface area contributed by atoms with Gasteiger partial charge in [-0.25, -0.2) is 0 Å². The highest BCUT2D eigenvalue weighted by molar-refractivity contribution is 5.72. The molecule has 0 unspecified atom stereocenters. The molecule has 0 aromatic carbocycles. The number of carbonyl (C=O) groups is 1. The maximum absolute atomic E-state index is 9.95. The summed E-state index contributed by atoms with van der Waals surface area (Å²) in [6.45, 7) is 1.76. The average molecular weight is 111 g/mol. The Bertz CT molecular complexity index is 192. The minimum atomic E-state index is 0.310. The lowest BCUT2D eigenvalue weighted by atomic mass is 10.3. The van der Waals surface area contributed by atoms with Crippen molar-refractivity contribution in [3.05, 3.63) is 17.5 Å². The number of nitrogens with zero attached hydrogens (tertiary/aromatic N) is 1. The Hall–Kier alpha value is -1.12. The molecule has 0 aliphatic rings. The van der Waals surface area contributed by atoms with Crippen LogP contribution < -0.4 is 0 Å². The third kappa shape index (κ3) is 0.621. The third-order valence-corrected chi connectivity index (χ3v) is 0.893. The van der Waals surface area contributed by atoms with Crippen LogP contribution in [0.25, 0.3) is 0 Å². The van der Waals surface area contributed by atoms with Crippen molar-refractivity contribution < 1.29 is 9.32 Å². The lowest BCUT2D eigenvalue weighted by Gasteiger charge is -1.74. The van der Waals surface area contributed by atoms with Gasteiger partial charge in [0.05, 0.1) is 6.20 Å². The molecule has 0 aliphatic heterocycles. The summed E-state index contributed by atoms with van der Waals surface area (Å²) >= 11 is 0. The van der Waals surface area contributed by atoms with Gasteiger partial charge in [0.25, 0.3) is 0 Å². The first-order valence-corrected chi connectivity index (χ1v) is 2.21. The summed E-state index contributed by atoms with van der Waals surface area (Å²) < 4.78 is 4.50. The van der Waals surface area contributed by atoms with Crippen LogP contribution in [0, 0.1) is 6.92 Å². The van der Waals surface area contributed by atoms with Crippen molar-refractivity contribution in [2.75, 3.05) is 0 Å². The third-order valence-electron chi connectivity index (χ3n) is 0.893. The van der Waals surface area contributed by atoms with Crippen LogP contribution in [0.1, 0.15) is 16.1 Å². The molecular weight excluding hydrogens is 106 g/mol. The van der Waals surface area contributed by atoms with E-state index < -0.39 is 0 Å². The van der Waals surface area contributed by atoms with Crippen molar-refractivity contribution in [1.29, 1.82) is 0 Å². The Balaban J connectivity index is 3.09. The van der Waals surface area contributed by atoms with E-state index in [1.807, 2.05) is 0 Å². The molecule has 0 aliphatic carbocycles. The van der Waals surface area contributed by atoms with Gasteiger partial charge in [0.1, 0.15) is 0 Å². The van der Waals surface area contributed by atoms with E-state index in [9.17, 15) is 4.79 Å². The highest BCUT2D eigenvalue weighted by Crippen LogP contribution is 2.00.